The van der Waals surface area contributed by atoms with Crippen molar-refractivity contribution in [2.45, 2.75) is 17.6 Å². The van der Waals surface area contributed by atoms with Crippen LogP contribution in [0.1, 0.15) is 11.5 Å². The number of anilines is 1. The van der Waals surface area contributed by atoms with Crippen LogP contribution in [0.4, 0.5) is 5.82 Å². The summed E-state index contributed by atoms with van der Waals surface area (Å²) in [4.78, 5) is 10.0. The first-order valence-corrected chi connectivity index (χ1v) is 7.66. The number of nitrogen functional groups attached to an aromatic ring is 1. The fraction of sp³-hybridized carbons (Fsp3) is 0.125. The maximum Gasteiger partial charge on any atom is 0.143 e. The van der Waals surface area contributed by atoms with Gasteiger partial charge in [0.15, 0.2) is 0 Å². The lowest BCUT2D eigenvalue weighted by Crippen LogP contribution is -2.10. The molecule has 106 valence electrons. The number of hydrazine groups is 1. The second-order valence-corrected chi connectivity index (χ2v) is 5.80. The van der Waals surface area contributed by atoms with E-state index in [-0.39, 0.29) is 0 Å². The van der Waals surface area contributed by atoms with Gasteiger partial charge in [-0.2, -0.15) is 0 Å². The van der Waals surface area contributed by atoms with Gasteiger partial charge >= 0.3 is 0 Å². The highest BCUT2D eigenvalue weighted by atomic mass is 32.2. The van der Waals surface area contributed by atoms with Gasteiger partial charge in [0, 0.05) is 16.7 Å². The number of aromatic nitrogens is 2. The monoisotopic (exact) mass is 296 g/mol. The first kappa shape index (κ1) is 13.9. The second kappa shape index (κ2) is 6.11. The summed E-state index contributed by atoms with van der Waals surface area (Å²) >= 11 is 1.72. The minimum atomic E-state index is 0.650. The number of benzene rings is 2. The Morgan fingerprint density at radius 2 is 1.86 bits per heavy atom. The van der Waals surface area contributed by atoms with E-state index in [1.807, 2.05) is 13.0 Å². The van der Waals surface area contributed by atoms with E-state index >= 15 is 0 Å². The Morgan fingerprint density at radius 3 is 2.67 bits per heavy atom. The molecule has 5 heteroatoms. The fourth-order valence-corrected chi connectivity index (χ4v) is 2.97. The Hall–Kier alpha value is -2.11. The molecule has 0 spiro atoms. The molecule has 2 aromatic carbocycles. The minimum Gasteiger partial charge on any atom is -0.308 e. The van der Waals surface area contributed by atoms with Crippen LogP contribution in [0, 0.1) is 6.92 Å². The third-order valence-corrected chi connectivity index (χ3v) is 4.13. The fourth-order valence-electron chi connectivity index (χ4n) is 2.17. The summed E-state index contributed by atoms with van der Waals surface area (Å²) in [6, 6.07) is 16.6. The molecular formula is C16H16N4S. The normalized spacial score (nSPS) is 10.8. The molecule has 0 atom stereocenters. The van der Waals surface area contributed by atoms with E-state index in [0.29, 0.717) is 11.6 Å². The molecule has 0 saturated carbocycles. The third-order valence-electron chi connectivity index (χ3n) is 3.14. The van der Waals surface area contributed by atoms with Crippen LogP contribution in [-0.2, 0) is 5.75 Å². The summed E-state index contributed by atoms with van der Waals surface area (Å²) in [5.74, 6) is 7.56. The average molecular weight is 296 g/mol. The summed E-state index contributed by atoms with van der Waals surface area (Å²) in [7, 11) is 0. The molecule has 0 saturated heterocycles. The van der Waals surface area contributed by atoms with Gasteiger partial charge in [-0.1, -0.05) is 30.3 Å². The summed E-state index contributed by atoms with van der Waals surface area (Å²) < 4.78 is 0. The van der Waals surface area contributed by atoms with Crippen molar-refractivity contribution < 1.29 is 0 Å². The highest BCUT2D eigenvalue weighted by Gasteiger charge is 2.03. The zero-order chi connectivity index (χ0) is 14.7. The molecule has 0 aliphatic carbocycles. The molecule has 21 heavy (non-hydrogen) atoms. The van der Waals surface area contributed by atoms with E-state index in [4.69, 9.17) is 5.84 Å². The van der Waals surface area contributed by atoms with Crippen LogP contribution in [0.2, 0.25) is 0 Å². The second-order valence-electron chi connectivity index (χ2n) is 4.75. The predicted molar refractivity (Wildman–Crippen MR) is 88.1 cm³/mol. The minimum absolute atomic E-state index is 0.650. The Bertz CT molecular complexity index is 773. The maximum atomic E-state index is 5.41. The summed E-state index contributed by atoms with van der Waals surface area (Å²) in [5, 5.41) is 2.50. The van der Waals surface area contributed by atoms with E-state index in [9.17, 15) is 0 Å². The van der Waals surface area contributed by atoms with Crippen molar-refractivity contribution in [1.29, 1.82) is 0 Å². The van der Waals surface area contributed by atoms with Crippen LogP contribution in [0.15, 0.2) is 53.4 Å². The average Bonchev–Trinajstić information content (AvgIpc) is 2.52. The van der Waals surface area contributed by atoms with E-state index in [1.54, 1.807) is 11.8 Å². The van der Waals surface area contributed by atoms with E-state index in [2.05, 4.69) is 57.9 Å². The van der Waals surface area contributed by atoms with Crippen LogP contribution in [0.3, 0.4) is 0 Å². The Kier molecular flexibility index (Phi) is 4.03. The molecule has 0 radical (unpaired) electrons. The Balaban J connectivity index is 1.78. The van der Waals surface area contributed by atoms with E-state index in [0.717, 1.165) is 11.5 Å². The number of nitrogens with two attached hydrogens (primary N) is 1. The lowest BCUT2D eigenvalue weighted by atomic mass is 10.1. The van der Waals surface area contributed by atoms with Crippen molar-refractivity contribution in [1.82, 2.24) is 9.97 Å². The predicted octanol–water partition coefficient (Wildman–Crippen LogP) is 3.52. The maximum absolute atomic E-state index is 5.41. The Labute approximate surface area is 127 Å². The zero-order valence-electron chi connectivity index (χ0n) is 11.7. The van der Waals surface area contributed by atoms with Gasteiger partial charge in [0.05, 0.1) is 5.75 Å². The van der Waals surface area contributed by atoms with Crippen molar-refractivity contribution >= 4 is 28.4 Å². The van der Waals surface area contributed by atoms with Crippen LogP contribution in [-0.4, -0.2) is 9.97 Å². The van der Waals surface area contributed by atoms with Gasteiger partial charge in [-0.15, -0.1) is 11.8 Å². The molecule has 0 aliphatic heterocycles. The van der Waals surface area contributed by atoms with Gasteiger partial charge in [0.25, 0.3) is 0 Å². The first-order chi connectivity index (χ1) is 10.2. The van der Waals surface area contributed by atoms with Crippen molar-refractivity contribution in [3.63, 3.8) is 0 Å². The summed E-state index contributed by atoms with van der Waals surface area (Å²) in [6.45, 7) is 1.94. The van der Waals surface area contributed by atoms with Crippen molar-refractivity contribution in [3.8, 4) is 0 Å². The number of nitrogens with zero attached hydrogens (tertiary/aromatic N) is 2. The summed E-state index contributed by atoms with van der Waals surface area (Å²) in [5.41, 5.74) is 3.48. The van der Waals surface area contributed by atoms with E-state index in [1.165, 1.54) is 15.7 Å². The van der Waals surface area contributed by atoms with Gasteiger partial charge < -0.3 is 5.43 Å². The molecule has 1 aromatic heterocycles. The van der Waals surface area contributed by atoms with Crippen molar-refractivity contribution in [2.75, 3.05) is 5.43 Å². The smallest absolute Gasteiger partial charge is 0.143 e. The van der Waals surface area contributed by atoms with Gasteiger partial charge in [0.2, 0.25) is 0 Å². The number of rotatable bonds is 4. The number of hydrogen-bond donors (Lipinski definition) is 2. The van der Waals surface area contributed by atoms with E-state index < -0.39 is 0 Å². The Morgan fingerprint density at radius 1 is 1.05 bits per heavy atom. The molecule has 0 fully saturated rings. The quantitative estimate of drug-likeness (QED) is 0.438. The molecule has 0 amide bonds. The standard InChI is InChI=1S/C16H16N4S/c1-11-8-15(20-17)19-16(18-11)10-21-14-7-6-12-4-2-3-5-13(12)9-14/h2-9H,10,17H2,1H3,(H,18,19,20). The topological polar surface area (TPSA) is 63.8 Å². The number of nitrogens with one attached hydrogen (secondary N) is 1. The first-order valence-electron chi connectivity index (χ1n) is 6.67. The third kappa shape index (κ3) is 3.32. The van der Waals surface area contributed by atoms with Gasteiger partial charge in [-0.3, -0.25) is 0 Å². The highest BCUT2D eigenvalue weighted by Crippen LogP contribution is 2.26. The molecule has 0 aliphatic rings. The van der Waals surface area contributed by atoms with Gasteiger partial charge in [-0.25, -0.2) is 15.8 Å². The van der Waals surface area contributed by atoms with Crippen LogP contribution in [0.5, 0.6) is 0 Å². The summed E-state index contributed by atoms with van der Waals surface area (Å²) in [6.07, 6.45) is 0. The number of thioether (sulfide) groups is 1. The highest BCUT2D eigenvalue weighted by molar-refractivity contribution is 7.98. The number of hydrogen-bond acceptors (Lipinski definition) is 5. The number of aryl methyl sites for hydroxylation is 1. The lowest BCUT2D eigenvalue weighted by molar-refractivity contribution is 0.990. The molecular weight excluding hydrogens is 280 g/mol. The van der Waals surface area contributed by atoms with Crippen LogP contribution < -0.4 is 11.3 Å². The van der Waals surface area contributed by atoms with Crippen LogP contribution >= 0.6 is 11.8 Å². The zero-order valence-corrected chi connectivity index (χ0v) is 12.5. The molecule has 3 rings (SSSR count). The molecule has 3 aromatic rings. The van der Waals surface area contributed by atoms with Crippen LogP contribution in [0.25, 0.3) is 10.8 Å². The lowest BCUT2D eigenvalue weighted by Gasteiger charge is -2.06. The molecule has 0 bridgehead atoms. The molecule has 3 N–H and O–H groups in total. The van der Waals surface area contributed by atoms with Gasteiger partial charge in [0.1, 0.15) is 11.6 Å². The molecule has 1 heterocycles. The molecule has 0 unspecified atom stereocenters. The van der Waals surface area contributed by atoms with Crippen molar-refractivity contribution in [3.05, 3.63) is 60.0 Å². The van der Waals surface area contributed by atoms with Gasteiger partial charge in [-0.05, 0) is 29.8 Å². The largest absolute Gasteiger partial charge is 0.308 e. The van der Waals surface area contributed by atoms with Crippen molar-refractivity contribution in [2.24, 2.45) is 5.84 Å². The molecule has 4 nitrogen and oxygen atoms in total. The number of fused-ring (bicyclic) bond motifs is 1. The SMILES string of the molecule is Cc1cc(NN)nc(CSc2ccc3ccccc3c2)n1.